The summed E-state index contributed by atoms with van der Waals surface area (Å²) < 4.78 is 67.2. The van der Waals surface area contributed by atoms with Crippen LogP contribution in [0.5, 0.6) is 0 Å². The average molecular weight is 895 g/mol. The summed E-state index contributed by atoms with van der Waals surface area (Å²) in [6.45, 7) is -2.70. The summed E-state index contributed by atoms with van der Waals surface area (Å²) in [6.07, 6.45) is -9.46. The van der Waals surface area contributed by atoms with Crippen LogP contribution < -0.4 is 52.4 Å². The Kier molecular flexibility index (Phi) is 11.5. The van der Waals surface area contributed by atoms with Gasteiger partial charge in [0.25, 0.3) is 24.9 Å². The van der Waals surface area contributed by atoms with E-state index in [9.17, 15) is 58.4 Å². The van der Waals surface area contributed by atoms with Gasteiger partial charge in [-0.2, -0.15) is 4.98 Å². The van der Waals surface area contributed by atoms with Gasteiger partial charge in [0, 0.05) is 6.54 Å². The number of fused-ring (bicyclic) bond motifs is 2. The van der Waals surface area contributed by atoms with Crippen molar-refractivity contribution in [3.05, 3.63) is 39.6 Å². The Balaban J connectivity index is 0.891. The van der Waals surface area contributed by atoms with E-state index in [1.807, 2.05) is 5.09 Å². The van der Waals surface area contributed by atoms with Crippen molar-refractivity contribution in [2.45, 2.75) is 55.6 Å². The van der Waals surface area contributed by atoms with Gasteiger partial charge in [0.2, 0.25) is 25.4 Å². The Bertz CT molecular complexity index is 2650. The van der Waals surface area contributed by atoms with Crippen LogP contribution in [0.2, 0.25) is 0 Å². The van der Waals surface area contributed by atoms with E-state index in [1.54, 1.807) is 0 Å². The molecule has 0 spiro atoms. The Labute approximate surface area is 326 Å². The minimum atomic E-state index is -5.75. The molecule has 7 heterocycles. The van der Waals surface area contributed by atoms with E-state index in [2.05, 4.69) is 44.1 Å². The molecule has 11 atom stereocenters. The monoisotopic (exact) mass is 894 g/mol. The standard InChI is InChI=1S/C25H35N14O17P3/c1-36-8-39(19-13(36)21(45)33-25(27)31-19)23-17(43)15(41)10(55-23)6-53-59(50,51)56-57(46,47)11-4-37(35-34-11)3-2-29-58(48,49)52-5-9-14(40)16(42)22(54-9)38-7-28-12-18(38)30-24(26)32-20(12)44/h4,7-10,14-17,22-23,40-43H,2-3,5-6H2,1H3,(H9-,26,27,29,30,31,32,33,44,45,46,47,48,49,50,51)/p-2/t9-,10-,14?,15?,16+,17+,22-,23-/m1/s1. The lowest BCUT2D eigenvalue weighted by molar-refractivity contribution is -0.745. The Morgan fingerprint density at radius 3 is 2.36 bits per heavy atom. The highest BCUT2D eigenvalue weighted by Gasteiger charge is 2.48. The number of hydrogen-bond donors (Lipinski definition) is 9. The van der Waals surface area contributed by atoms with Crippen molar-refractivity contribution in [3.8, 4) is 0 Å². The Hall–Kier alpha value is -4.39. The van der Waals surface area contributed by atoms with Gasteiger partial charge < -0.3 is 69.7 Å². The molecular weight excluding hydrogens is 861 g/mol. The molecule has 0 bridgehead atoms. The molecule has 322 valence electrons. The fourth-order valence-corrected chi connectivity index (χ4v) is 9.32. The number of aromatic nitrogens is 11. The van der Waals surface area contributed by atoms with Gasteiger partial charge in [-0.1, -0.05) is 10.2 Å². The van der Waals surface area contributed by atoms with Gasteiger partial charge in [0.1, 0.15) is 36.6 Å². The normalized spacial score (nSPS) is 27.9. The van der Waals surface area contributed by atoms with Crippen LogP contribution >= 0.6 is 23.2 Å². The van der Waals surface area contributed by atoms with E-state index in [-0.39, 0.29) is 40.8 Å². The first-order valence-electron chi connectivity index (χ1n) is 16.8. The van der Waals surface area contributed by atoms with Crippen LogP contribution in [0.1, 0.15) is 12.5 Å². The number of ether oxygens (including phenoxy) is 2. The van der Waals surface area contributed by atoms with Crippen LogP contribution in [0.25, 0.3) is 22.3 Å². The maximum atomic E-state index is 12.7. The smallest absolute Gasteiger partial charge is 0.313 e. The molecule has 2 saturated heterocycles. The first-order chi connectivity index (χ1) is 27.6. The summed E-state index contributed by atoms with van der Waals surface area (Å²) in [5.41, 5.74) is 8.65. The molecule has 0 aliphatic carbocycles. The molecular formula is C25H33N14O17P3-2. The van der Waals surface area contributed by atoms with Gasteiger partial charge in [-0.3, -0.25) is 51.9 Å². The number of aliphatic hydroxyl groups is 4. The molecule has 5 aromatic rings. The van der Waals surface area contributed by atoms with Crippen LogP contribution in [-0.4, -0.2) is 126 Å². The van der Waals surface area contributed by atoms with Crippen molar-refractivity contribution < 1.29 is 76.2 Å². The highest BCUT2D eigenvalue weighted by Crippen LogP contribution is 2.54. The number of nitrogens with one attached hydrogen (secondary N) is 3. The molecule has 0 saturated carbocycles. The molecule has 0 aromatic carbocycles. The molecule has 2 aliphatic rings. The van der Waals surface area contributed by atoms with Gasteiger partial charge >= 0.3 is 5.65 Å². The maximum Gasteiger partial charge on any atom is 0.313 e. The van der Waals surface area contributed by atoms with Gasteiger partial charge in [0.05, 0.1) is 39.3 Å². The second-order valence-electron chi connectivity index (χ2n) is 13.0. The van der Waals surface area contributed by atoms with Crippen molar-refractivity contribution in [1.82, 2.24) is 54.1 Å². The molecule has 31 nitrogen and oxygen atoms in total. The number of aromatic amines is 2. The van der Waals surface area contributed by atoms with Gasteiger partial charge in [-0.05, 0) is 0 Å². The lowest BCUT2D eigenvalue weighted by Gasteiger charge is -2.30. The van der Waals surface area contributed by atoms with Gasteiger partial charge in [-0.15, -0.1) is 5.10 Å². The highest BCUT2D eigenvalue weighted by atomic mass is 31.3. The van der Waals surface area contributed by atoms with E-state index in [4.69, 9.17) is 25.5 Å². The predicted octanol–water partition coefficient (Wildman–Crippen LogP) is -7.87. The van der Waals surface area contributed by atoms with Crippen LogP contribution in [0.15, 0.2) is 28.4 Å². The number of phosphoric ester groups is 1. The Morgan fingerprint density at radius 1 is 0.949 bits per heavy atom. The average Bonchev–Trinajstić information content (AvgIpc) is 3.96. The number of anilines is 2. The van der Waals surface area contributed by atoms with Crippen molar-refractivity contribution in [3.63, 3.8) is 0 Å². The number of hydrogen-bond acceptors (Lipinski definition) is 24. The predicted molar refractivity (Wildman–Crippen MR) is 184 cm³/mol. The second kappa shape index (κ2) is 15.9. The first kappa shape index (κ1) is 42.7. The third kappa shape index (κ3) is 8.63. The molecule has 59 heavy (non-hydrogen) atoms. The van der Waals surface area contributed by atoms with Gasteiger partial charge in [0.15, 0.2) is 36.7 Å². The summed E-state index contributed by atoms with van der Waals surface area (Å²) in [5.74, 6) is -0.529. The molecule has 2 aliphatic heterocycles. The fourth-order valence-electron chi connectivity index (χ4n) is 6.18. The number of aryl methyl sites for hydroxylation is 1. The largest absolute Gasteiger partial charge is 0.774 e. The zero-order chi connectivity index (χ0) is 42.8. The summed E-state index contributed by atoms with van der Waals surface area (Å²) in [6, 6.07) is 0. The second-order valence-corrected chi connectivity index (χ2v) is 17.8. The number of imidazole rings is 2. The van der Waals surface area contributed by atoms with E-state index >= 15 is 0 Å². The summed E-state index contributed by atoms with van der Waals surface area (Å²) in [7, 11) is -14.8. The van der Waals surface area contributed by atoms with Crippen molar-refractivity contribution in [1.29, 1.82) is 0 Å². The lowest BCUT2D eigenvalue weighted by atomic mass is 10.1. The van der Waals surface area contributed by atoms with Crippen molar-refractivity contribution >= 4 is 62.8 Å². The number of nitrogens with two attached hydrogens (primary N) is 2. The maximum absolute atomic E-state index is 12.7. The number of rotatable bonds is 15. The summed E-state index contributed by atoms with van der Waals surface area (Å²) in [5, 5.41) is 51.1. The van der Waals surface area contributed by atoms with E-state index < -0.39 is 109 Å². The quantitative estimate of drug-likeness (QED) is 0.0348. The molecule has 2 fully saturated rings. The minimum absolute atomic E-state index is 0.0254. The van der Waals surface area contributed by atoms with E-state index in [1.165, 1.54) is 22.5 Å². The summed E-state index contributed by atoms with van der Waals surface area (Å²) >= 11 is 0. The number of H-pyrrole nitrogens is 2. The van der Waals surface area contributed by atoms with E-state index in [0.717, 1.165) is 15.6 Å². The number of aliphatic hydroxyl groups excluding tert-OH is 4. The molecule has 0 radical (unpaired) electrons. The lowest BCUT2D eigenvalue weighted by Crippen LogP contribution is -2.46. The van der Waals surface area contributed by atoms with Crippen LogP contribution in [0.4, 0.5) is 11.9 Å². The van der Waals surface area contributed by atoms with Crippen LogP contribution in [0.3, 0.4) is 0 Å². The van der Waals surface area contributed by atoms with Gasteiger partial charge in [-0.25, -0.2) is 9.55 Å². The molecule has 34 heteroatoms. The minimum Gasteiger partial charge on any atom is -0.774 e. The fraction of sp³-hybridized carbons (Fsp3) is 0.520. The van der Waals surface area contributed by atoms with Crippen LogP contribution in [0, 0.1) is 0 Å². The molecule has 5 aromatic heterocycles. The number of phosphoric acid groups is 1. The Morgan fingerprint density at radius 2 is 1.61 bits per heavy atom. The molecule has 5 unspecified atom stereocenters. The SMILES string of the molecule is Cn1c[n+]([C@@H]2O[C@H](COP(=O)([O-])OP(=O)([O-])c3cn(CCNP(=O)([O-])OC[C@H]4O[C@@H](n5cnc6c(=O)[nH]c(N)nc65)[C@@H](O)C4O)nn3)C(O)[C@@H]2O)c2nc(N)[nH]c(=O)c21. The topological polar surface area (TPSA) is 460 Å². The highest BCUT2D eigenvalue weighted by molar-refractivity contribution is 7.67. The zero-order valence-corrected chi connectivity index (χ0v) is 32.5. The molecule has 7 rings (SSSR count). The number of nitrogens with zero attached hydrogens (tertiary/aromatic N) is 9. The van der Waals surface area contributed by atoms with Crippen molar-refractivity contribution in [2.75, 3.05) is 31.2 Å². The first-order valence-corrected chi connectivity index (χ1v) is 21.3. The third-order valence-corrected chi connectivity index (χ3v) is 12.9. The van der Waals surface area contributed by atoms with Crippen molar-refractivity contribution in [2.24, 2.45) is 7.05 Å². The van der Waals surface area contributed by atoms with Crippen LogP contribution in [-0.2, 0) is 50.1 Å². The number of nitrogen functional groups attached to an aromatic ring is 2. The zero-order valence-electron chi connectivity index (χ0n) is 29.8. The molecule has 11 N–H and O–H groups in total. The summed E-state index contributed by atoms with van der Waals surface area (Å²) in [4.78, 5) is 78.6. The van der Waals surface area contributed by atoms with E-state index in [0.29, 0.717) is 6.20 Å². The molecule has 0 amide bonds. The third-order valence-electron chi connectivity index (χ3n) is 8.93.